The van der Waals surface area contributed by atoms with E-state index in [-0.39, 0.29) is 11.3 Å². The molecular weight excluding hydrogens is 262 g/mol. The molecule has 1 N–H and O–H groups in total. The number of aromatic nitrogens is 1. The molecule has 0 aliphatic heterocycles. The smallest absolute Gasteiger partial charge is 0.261 e. The van der Waals surface area contributed by atoms with Gasteiger partial charge in [0.05, 0.1) is 29.3 Å². The van der Waals surface area contributed by atoms with Crippen molar-refractivity contribution in [3.05, 3.63) is 54.4 Å². The minimum absolute atomic E-state index is 0.151. The lowest BCUT2D eigenvalue weighted by Crippen LogP contribution is -2.12. The summed E-state index contributed by atoms with van der Waals surface area (Å²) < 4.78 is 26.6. The van der Waals surface area contributed by atoms with E-state index in [2.05, 4.69) is 9.71 Å². The van der Waals surface area contributed by atoms with Crippen molar-refractivity contribution in [2.75, 3.05) is 4.72 Å². The Morgan fingerprint density at radius 1 is 1.21 bits per heavy atom. The molecule has 96 valence electrons. The molecule has 0 spiro atoms. The second-order valence-electron chi connectivity index (χ2n) is 3.83. The van der Waals surface area contributed by atoms with Gasteiger partial charge in [0, 0.05) is 6.20 Å². The van der Waals surface area contributed by atoms with E-state index in [1.807, 2.05) is 6.07 Å². The fourth-order valence-electron chi connectivity index (χ4n) is 1.51. The normalized spacial score (nSPS) is 10.7. The summed E-state index contributed by atoms with van der Waals surface area (Å²) in [6.07, 6.45) is 3.26. The van der Waals surface area contributed by atoms with Gasteiger partial charge < -0.3 is 0 Å². The van der Waals surface area contributed by atoms with Crippen molar-refractivity contribution in [2.24, 2.45) is 0 Å². The third-order valence-electron chi connectivity index (χ3n) is 2.43. The first-order valence-electron chi connectivity index (χ1n) is 5.50. The van der Waals surface area contributed by atoms with E-state index in [0.717, 1.165) is 5.56 Å². The van der Waals surface area contributed by atoms with Gasteiger partial charge in [-0.3, -0.25) is 9.71 Å². The summed E-state index contributed by atoms with van der Waals surface area (Å²) in [6.45, 7) is 0. The minimum atomic E-state index is -3.62. The Balaban J connectivity index is 2.23. The number of hydrogen-bond donors (Lipinski definition) is 1. The van der Waals surface area contributed by atoms with Crippen molar-refractivity contribution >= 4 is 15.7 Å². The fraction of sp³-hybridized carbons (Fsp3) is 0.0769. The summed E-state index contributed by atoms with van der Waals surface area (Å²) >= 11 is 0. The van der Waals surface area contributed by atoms with Crippen molar-refractivity contribution in [3.8, 4) is 6.07 Å². The standard InChI is InChI=1S/C13H11N3O2S/c14-8-7-11-3-5-13(6-4-11)19(17,18)16-12-2-1-9-15-10-12/h1-6,9-10,16H,7H2. The molecule has 0 aliphatic rings. The maximum atomic E-state index is 12.1. The molecular formula is C13H11N3O2S. The van der Waals surface area contributed by atoms with Crippen LogP contribution < -0.4 is 4.72 Å². The van der Waals surface area contributed by atoms with E-state index in [0.29, 0.717) is 5.69 Å². The lowest BCUT2D eigenvalue weighted by atomic mass is 10.2. The van der Waals surface area contributed by atoms with E-state index in [1.54, 1.807) is 30.5 Å². The Morgan fingerprint density at radius 2 is 1.95 bits per heavy atom. The van der Waals surface area contributed by atoms with Gasteiger partial charge in [-0.1, -0.05) is 12.1 Å². The van der Waals surface area contributed by atoms with Gasteiger partial charge in [0.25, 0.3) is 10.0 Å². The van der Waals surface area contributed by atoms with Crippen molar-refractivity contribution in [3.63, 3.8) is 0 Å². The van der Waals surface area contributed by atoms with Gasteiger partial charge in [0.15, 0.2) is 0 Å². The molecule has 2 aromatic rings. The molecule has 0 saturated heterocycles. The van der Waals surface area contributed by atoms with Crippen LogP contribution in [-0.2, 0) is 16.4 Å². The number of sulfonamides is 1. The number of nitrogens with one attached hydrogen (secondary N) is 1. The summed E-state index contributed by atoms with van der Waals surface area (Å²) in [6, 6.07) is 11.5. The first kappa shape index (κ1) is 13.1. The average molecular weight is 273 g/mol. The number of nitrogens with zero attached hydrogens (tertiary/aromatic N) is 2. The van der Waals surface area contributed by atoms with Crippen LogP contribution >= 0.6 is 0 Å². The summed E-state index contributed by atoms with van der Waals surface area (Å²) in [4.78, 5) is 3.99. The molecule has 1 aromatic heterocycles. The van der Waals surface area contributed by atoms with Crippen LogP contribution in [0.4, 0.5) is 5.69 Å². The predicted octanol–water partition coefficient (Wildman–Crippen LogP) is 1.95. The molecule has 1 heterocycles. The molecule has 0 saturated carbocycles. The fourth-order valence-corrected chi connectivity index (χ4v) is 2.56. The lowest BCUT2D eigenvalue weighted by Gasteiger charge is -2.07. The van der Waals surface area contributed by atoms with Crippen LogP contribution in [0.2, 0.25) is 0 Å². The second kappa shape index (κ2) is 5.50. The zero-order valence-corrected chi connectivity index (χ0v) is 10.8. The van der Waals surface area contributed by atoms with Gasteiger partial charge in [-0.15, -0.1) is 0 Å². The highest BCUT2D eigenvalue weighted by Crippen LogP contribution is 2.15. The maximum absolute atomic E-state index is 12.1. The van der Waals surface area contributed by atoms with Gasteiger partial charge in [0.2, 0.25) is 0 Å². The Hall–Kier alpha value is -2.39. The third-order valence-corrected chi connectivity index (χ3v) is 3.83. The molecule has 0 unspecified atom stereocenters. The molecule has 19 heavy (non-hydrogen) atoms. The van der Waals surface area contributed by atoms with E-state index >= 15 is 0 Å². The Morgan fingerprint density at radius 3 is 2.53 bits per heavy atom. The molecule has 0 bridgehead atoms. The van der Waals surface area contributed by atoms with Crippen molar-refractivity contribution in [1.29, 1.82) is 5.26 Å². The molecule has 2 rings (SSSR count). The number of rotatable bonds is 4. The Kier molecular flexibility index (Phi) is 3.78. The summed E-state index contributed by atoms with van der Waals surface area (Å²) in [5.41, 5.74) is 1.19. The van der Waals surface area contributed by atoms with Crippen LogP contribution in [0.25, 0.3) is 0 Å². The molecule has 0 radical (unpaired) electrons. The summed E-state index contributed by atoms with van der Waals surface area (Å²) in [5, 5.41) is 8.56. The van der Waals surface area contributed by atoms with Gasteiger partial charge in [-0.25, -0.2) is 8.42 Å². The van der Waals surface area contributed by atoms with Gasteiger partial charge >= 0.3 is 0 Å². The maximum Gasteiger partial charge on any atom is 0.261 e. The zero-order valence-electron chi connectivity index (χ0n) is 9.95. The second-order valence-corrected chi connectivity index (χ2v) is 5.51. The number of benzene rings is 1. The van der Waals surface area contributed by atoms with Gasteiger partial charge in [-0.2, -0.15) is 5.26 Å². The molecule has 0 amide bonds. The highest BCUT2D eigenvalue weighted by molar-refractivity contribution is 7.92. The van der Waals surface area contributed by atoms with Crippen LogP contribution in [-0.4, -0.2) is 13.4 Å². The predicted molar refractivity (Wildman–Crippen MR) is 70.8 cm³/mol. The molecule has 0 atom stereocenters. The minimum Gasteiger partial charge on any atom is -0.278 e. The van der Waals surface area contributed by atoms with Crippen LogP contribution in [0.5, 0.6) is 0 Å². The van der Waals surface area contributed by atoms with Gasteiger partial charge in [-0.05, 0) is 29.8 Å². The van der Waals surface area contributed by atoms with Gasteiger partial charge in [0.1, 0.15) is 0 Å². The molecule has 5 nitrogen and oxygen atoms in total. The number of anilines is 1. The lowest BCUT2D eigenvalue weighted by molar-refractivity contribution is 0.601. The Labute approximate surface area is 111 Å². The first-order valence-corrected chi connectivity index (χ1v) is 6.99. The van der Waals surface area contributed by atoms with E-state index in [9.17, 15) is 8.42 Å². The molecule has 0 aliphatic carbocycles. The highest BCUT2D eigenvalue weighted by Gasteiger charge is 2.13. The molecule has 0 fully saturated rings. The topological polar surface area (TPSA) is 82.8 Å². The summed E-state index contributed by atoms with van der Waals surface area (Å²) in [7, 11) is -3.62. The van der Waals surface area contributed by atoms with E-state index in [4.69, 9.17) is 5.26 Å². The quantitative estimate of drug-likeness (QED) is 0.922. The van der Waals surface area contributed by atoms with Crippen molar-refractivity contribution in [2.45, 2.75) is 11.3 Å². The zero-order chi connectivity index (χ0) is 13.7. The van der Waals surface area contributed by atoms with Crippen LogP contribution in [0.3, 0.4) is 0 Å². The SMILES string of the molecule is N#CCc1ccc(S(=O)(=O)Nc2cccnc2)cc1. The van der Waals surface area contributed by atoms with Crippen LogP contribution in [0.1, 0.15) is 5.56 Å². The van der Waals surface area contributed by atoms with Crippen LogP contribution in [0, 0.1) is 11.3 Å². The highest BCUT2D eigenvalue weighted by atomic mass is 32.2. The monoisotopic (exact) mass is 273 g/mol. The third kappa shape index (κ3) is 3.30. The number of pyridine rings is 1. The number of hydrogen-bond acceptors (Lipinski definition) is 4. The first-order chi connectivity index (χ1) is 9.12. The van der Waals surface area contributed by atoms with E-state index in [1.165, 1.54) is 18.3 Å². The molecule has 1 aromatic carbocycles. The van der Waals surface area contributed by atoms with E-state index < -0.39 is 10.0 Å². The summed E-state index contributed by atoms with van der Waals surface area (Å²) in [5.74, 6) is 0. The van der Waals surface area contributed by atoms with Crippen molar-refractivity contribution < 1.29 is 8.42 Å². The Bertz CT molecular complexity index is 689. The largest absolute Gasteiger partial charge is 0.278 e. The number of nitriles is 1. The van der Waals surface area contributed by atoms with Crippen molar-refractivity contribution in [1.82, 2.24) is 4.98 Å². The molecule has 6 heteroatoms. The average Bonchev–Trinajstić information content (AvgIpc) is 2.40. The van der Waals surface area contributed by atoms with Crippen LogP contribution in [0.15, 0.2) is 53.7 Å².